The van der Waals surface area contributed by atoms with Crippen LogP contribution < -0.4 is 4.90 Å². The van der Waals surface area contributed by atoms with Gasteiger partial charge in [-0.05, 0) is 42.3 Å². The van der Waals surface area contributed by atoms with E-state index in [0.717, 1.165) is 23.4 Å². The number of alkyl halides is 3. The molecule has 0 N–H and O–H groups in total. The van der Waals surface area contributed by atoms with E-state index in [1.807, 2.05) is 29.2 Å². The molecule has 1 atom stereocenters. The summed E-state index contributed by atoms with van der Waals surface area (Å²) in [5.74, 6) is 0.158. The first-order valence-corrected chi connectivity index (χ1v) is 9.89. The molecule has 0 saturated carbocycles. The van der Waals surface area contributed by atoms with Gasteiger partial charge in [0.05, 0.1) is 11.3 Å². The highest BCUT2D eigenvalue weighted by Crippen LogP contribution is 2.37. The molecule has 0 radical (unpaired) electrons. The van der Waals surface area contributed by atoms with Crippen LogP contribution in [0.15, 0.2) is 48.5 Å². The van der Waals surface area contributed by atoms with Crippen molar-refractivity contribution >= 4 is 21.4 Å². The standard InChI is InChI=1S/C18H17F3N2O2S/c19-18(20,21)14-5-7-15(8-6-14)22-12-16(23-9-10-26(23,24)25)11-13-3-1-2-4-17(13)22/h1-8,16H,9-12H2. The van der Waals surface area contributed by atoms with Crippen LogP contribution in [0.2, 0.25) is 0 Å². The molecule has 2 aromatic rings. The van der Waals surface area contributed by atoms with Crippen molar-refractivity contribution in [3.05, 3.63) is 59.7 Å². The van der Waals surface area contributed by atoms with Gasteiger partial charge in [0.25, 0.3) is 0 Å². The molecule has 1 unspecified atom stereocenters. The second-order valence-corrected chi connectivity index (χ2v) is 8.61. The number of anilines is 2. The largest absolute Gasteiger partial charge is 0.416 e. The molecule has 4 nitrogen and oxygen atoms in total. The molecule has 2 aromatic carbocycles. The number of sulfonamides is 1. The Morgan fingerprint density at radius 1 is 1.00 bits per heavy atom. The van der Waals surface area contributed by atoms with Crippen LogP contribution in [0.5, 0.6) is 0 Å². The van der Waals surface area contributed by atoms with Crippen molar-refractivity contribution in [1.82, 2.24) is 4.31 Å². The lowest BCUT2D eigenvalue weighted by atomic mass is 9.97. The summed E-state index contributed by atoms with van der Waals surface area (Å²) in [4.78, 5) is 1.90. The number of benzene rings is 2. The molecule has 4 rings (SSSR count). The number of hydrogen-bond donors (Lipinski definition) is 0. The minimum atomic E-state index is -4.38. The van der Waals surface area contributed by atoms with Crippen LogP contribution in [0.4, 0.5) is 24.5 Å². The lowest BCUT2D eigenvalue weighted by molar-refractivity contribution is -0.137. The van der Waals surface area contributed by atoms with E-state index in [1.165, 1.54) is 16.4 Å². The van der Waals surface area contributed by atoms with Crippen LogP contribution in [-0.4, -0.2) is 37.6 Å². The molecule has 8 heteroatoms. The monoisotopic (exact) mass is 382 g/mol. The molecule has 2 aliphatic heterocycles. The number of para-hydroxylation sites is 1. The third kappa shape index (κ3) is 2.97. The van der Waals surface area contributed by atoms with Crippen LogP contribution in [-0.2, 0) is 22.6 Å². The lowest BCUT2D eigenvalue weighted by Crippen LogP contribution is -2.58. The summed E-state index contributed by atoms with van der Waals surface area (Å²) >= 11 is 0. The van der Waals surface area contributed by atoms with Gasteiger partial charge in [0.15, 0.2) is 0 Å². The van der Waals surface area contributed by atoms with Gasteiger partial charge in [0.1, 0.15) is 0 Å². The molecule has 2 heterocycles. The third-order valence-electron chi connectivity index (χ3n) is 4.97. The fraction of sp³-hybridized carbons (Fsp3) is 0.333. The molecular weight excluding hydrogens is 365 g/mol. The van der Waals surface area contributed by atoms with Gasteiger partial charge in [-0.2, -0.15) is 17.5 Å². The fourth-order valence-corrected chi connectivity index (χ4v) is 4.88. The maximum atomic E-state index is 12.8. The first-order valence-electron chi connectivity index (χ1n) is 8.28. The SMILES string of the molecule is O=S1(=O)CCN1C1Cc2ccccc2N(c2ccc(C(F)(F)F)cc2)C1. The number of fused-ring (bicyclic) bond motifs is 1. The Morgan fingerprint density at radius 2 is 1.69 bits per heavy atom. The number of nitrogens with zero attached hydrogens (tertiary/aromatic N) is 2. The number of halogens is 3. The van der Waals surface area contributed by atoms with Gasteiger partial charge in [-0.25, -0.2) is 8.42 Å². The van der Waals surface area contributed by atoms with E-state index in [-0.39, 0.29) is 11.8 Å². The molecule has 0 spiro atoms. The van der Waals surface area contributed by atoms with Crippen molar-refractivity contribution in [2.24, 2.45) is 0 Å². The second-order valence-electron chi connectivity index (χ2n) is 6.57. The van der Waals surface area contributed by atoms with E-state index < -0.39 is 21.8 Å². The first kappa shape index (κ1) is 17.4. The molecular formula is C18H17F3N2O2S. The second kappa shape index (κ2) is 5.99. The van der Waals surface area contributed by atoms with E-state index in [0.29, 0.717) is 25.2 Å². The zero-order valence-corrected chi connectivity index (χ0v) is 14.6. The molecule has 0 amide bonds. The Morgan fingerprint density at radius 3 is 2.27 bits per heavy atom. The predicted molar refractivity (Wildman–Crippen MR) is 92.9 cm³/mol. The maximum Gasteiger partial charge on any atom is 0.416 e. The summed E-state index contributed by atoms with van der Waals surface area (Å²) < 4.78 is 64.0. The van der Waals surface area contributed by atoms with Crippen molar-refractivity contribution in [2.45, 2.75) is 18.6 Å². The summed E-state index contributed by atoms with van der Waals surface area (Å²) in [5.41, 5.74) is 1.81. The van der Waals surface area contributed by atoms with E-state index in [4.69, 9.17) is 0 Å². The highest BCUT2D eigenvalue weighted by Gasteiger charge is 2.41. The van der Waals surface area contributed by atoms with Crippen LogP contribution in [0.25, 0.3) is 0 Å². The van der Waals surface area contributed by atoms with E-state index in [2.05, 4.69) is 0 Å². The van der Waals surface area contributed by atoms with Crippen molar-refractivity contribution in [3.8, 4) is 0 Å². The lowest BCUT2D eigenvalue weighted by Gasteiger charge is -2.44. The van der Waals surface area contributed by atoms with Gasteiger partial charge in [0.2, 0.25) is 10.0 Å². The van der Waals surface area contributed by atoms with Gasteiger partial charge in [-0.1, -0.05) is 18.2 Å². The quantitative estimate of drug-likeness (QED) is 0.799. The van der Waals surface area contributed by atoms with E-state index in [1.54, 1.807) is 0 Å². The van der Waals surface area contributed by atoms with Gasteiger partial charge in [-0.3, -0.25) is 0 Å². The third-order valence-corrected chi connectivity index (χ3v) is 6.87. The summed E-state index contributed by atoms with van der Waals surface area (Å²) in [6.45, 7) is 0.914. The van der Waals surface area contributed by atoms with Crippen LogP contribution >= 0.6 is 0 Å². The Labute approximate surface area is 149 Å². The average molecular weight is 382 g/mol. The van der Waals surface area contributed by atoms with Crippen molar-refractivity contribution in [3.63, 3.8) is 0 Å². The highest BCUT2D eigenvalue weighted by atomic mass is 32.2. The summed E-state index contributed by atoms with van der Waals surface area (Å²) in [5, 5.41) is 0. The minimum absolute atomic E-state index is 0.158. The maximum absolute atomic E-state index is 12.8. The molecule has 0 bridgehead atoms. The zero-order chi connectivity index (χ0) is 18.5. The van der Waals surface area contributed by atoms with Crippen molar-refractivity contribution < 1.29 is 21.6 Å². The van der Waals surface area contributed by atoms with Gasteiger partial charge < -0.3 is 4.90 Å². The van der Waals surface area contributed by atoms with Gasteiger partial charge in [-0.15, -0.1) is 0 Å². The van der Waals surface area contributed by atoms with Crippen LogP contribution in [0.3, 0.4) is 0 Å². The Kier molecular flexibility index (Phi) is 4.00. The Balaban J connectivity index is 1.70. The highest BCUT2D eigenvalue weighted by molar-refractivity contribution is 7.90. The molecule has 1 fully saturated rings. The molecule has 138 valence electrons. The average Bonchev–Trinajstić information content (AvgIpc) is 2.59. The van der Waals surface area contributed by atoms with Crippen LogP contribution in [0, 0.1) is 0 Å². The van der Waals surface area contributed by atoms with E-state index >= 15 is 0 Å². The molecule has 0 aromatic heterocycles. The zero-order valence-electron chi connectivity index (χ0n) is 13.8. The molecule has 26 heavy (non-hydrogen) atoms. The molecule has 0 aliphatic carbocycles. The van der Waals surface area contributed by atoms with Gasteiger partial charge in [0, 0.05) is 30.5 Å². The van der Waals surface area contributed by atoms with Crippen LogP contribution in [0.1, 0.15) is 11.1 Å². The Hall–Kier alpha value is -2.06. The minimum Gasteiger partial charge on any atom is -0.340 e. The smallest absolute Gasteiger partial charge is 0.340 e. The summed E-state index contributed by atoms with van der Waals surface area (Å²) in [7, 11) is -3.20. The summed E-state index contributed by atoms with van der Waals surface area (Å²) in [6, 6.07) is 12.4. The predicted octanol–water partition coefficient (Wildman–Crippen LogP) is 3.41. The molecule has 2 aliphatic rings. The number of hydrogen-bond acceptors (Lipinski definition) is 3. The van der Waals surface area contributed by atoms with Crippen molar-refractivity contribution in [2.75, 3.05) is 23.7 Å². The molecule has 1 saturated heterocycles. The number of rotatable bonds is 2. The van der Waals surface area contributed by atoms with E-state index in [9.17, 15) is 21.6 Å². The normalized spacial score (nSPS) is 22.6. The summed E-state index contributed by atoms with van der Waals surface area (Å²) in [6.07, 6.45) is -3.78. The van der Waals surface area contributed by atoms with Gasteiger partial charge >= 0.3 is 6.18 Å². The first-order chi connectivity index (χ1) is 12.3. The Bertz CT molecular complexity index is 926. The van der Waals surface area contributed by atoms with Crippen molar-refractivity contribution in [1.29, 1.82) is 0 Å². The fourth-order valence-electron chi connectivity index (χ4n) is 3.60. The topological polar surface area (TPSA) is 40.6 Å².